The van der Waals surface area contributed by atoms with Crippen LogP contribution in [0.5, 0.6) is 5.75 Å². The standard InChI is InChI=1S/C20H18FN3O2/c1-26-18-5-3-2-4-17(18)24-19-12-15(10-11-22-19)20(25)23-13-14-6-8-16(21)9-7-14/h2-12H,13H2,1H3,(H,22,24)(H,23,25). The first-order valence-corrected chi connectivity index (χ1v) is 8.04. The number of amides is 1. The number of benzene rings is 2. The summed E-state index contributed by atoms with van der Waals surface area (Å²) < 4.78 is 18.2. The summed E-state index contributed by atoms with van der Waals surface area (Å²) in [6.45, 7) is 0.316. The number of aromatic nitrogens is 1. The normalized spacial score (nSPS) is 10.2. The first kappa shape index (κ1) is 17.4. The van der Waals surface area contributed by atoms with Crippen LogP contribution in [0, 0.1) is 5.82 Å². The Labute approximate surface area is 150 Å². The third-order valence-electron chi connectivity index (χ3n) is 3.76. The summed E-state index contributed by atoms with van der Waals surface area (Å²) in [7, 11) is 1.59. The van der Waals surface area contributed by atoms with Crippen molar-refractivity contribution >= 4 is 17.4 Å². The van der Waals surface area contributed by atoms with E-state index in [-0.39, 0.29) is 11.7 Å². The number of ether oxygens (including phenoxy) is 1. The zero-order chi connectivity index (χ0) is 18.4. The van der Waals surface area contributed by atoms with Gasteiger partial charge < -0.3 is 15.4 Å². The van der Waals surface area contributed by atoms with Gasteiger partial charge in [0.25, 0.3) is 5.91 Å². The second-order valence-corrected chi connectivity index (χ2v) is 5.56. The van der Waals surface area contributed by atoms with Crippen molar-refractivity contribution in [2.75, 3.05) is 12.4 Å². The summed E-state index contributed by atoms with van der Waals surface area (Å²) in [5.74, 6) is 0.672. The quantitative estimate of drug-likeness (QED) is 0.707. The lowest BCUT2D eigenvalue weighted by Crippen LogP contribution is -2.22. The van der Waals surface area contributed by atoms with Crippen molar-refractivity contribution in [1.82, 2.24) is 10.3 Å². The summed E-state index contributed by atoms with van der Waals surface area (Å²) in [5, 5.41) is 5.95. The maximum atomic E-state index is 12.9. The van der Waals surface area contributed by atoms with Crippen molar-refractivity contribution in [2.24, 2.45) is 0 Å². The summed E-state index contributed by atoms with van der Waals surface area (Å²) in [5.41, 5.74) is 2.05. The van der Waals surface area contributed by atoms with Crippen LogP contribution in [0.4, 0.5) is 15.9 Å². The second-order valence-electron chi connectivity index (χ2n) is 5.56. The molecule has 1 aromatic heterocycles. The lowest BCUT2D eigenvalue weighted by molar-refractivity contribution is 0.0951. The molecule has 0 aliphatic rings. The molecule has 0 aliphatic heterocycles. The van der Waals surface area contributed by atoms with Gasteiger partial charge in [-0.25, -0.2) is 9.37 Å². The Kier molecular flexibility index (Phi) is 5.43. The van der Waals surface area contributed by atoms with Gasteiger partial charge in [-0.15, -0.1) is 0 Å². The van der Waals surface area contributed by atoms with Gasteiger partial charge in [-0.1, -0.05) is 24.3 Å². The van der Waals surface area contributed by atoms with Crippen molar-refractivity contribution in [2.45, 2.75) is 6.54 Å². The van der Waals surface area contributed by atoms with Crippen LogP contribution in [0.2, 0.25) is 0 Å². The predicted octanol–water partition coefficient (Wildman–Crippen LogP) is 3.90. The van der Waals surface area contributed by atoms with Crippen molar-refractivity contribution in [3.05, 3.63) is 83.8 Å². The number of methoxy groups -OCH3 is 1. The Bertz CT molecular complexity index is 898. The molecule has 3 rings (SSSR count). The Balaban J connectivity index is 1.68. The molecule has 0 saturated carbocycles. The van der Waals surface area contributed by atoms with Gasteiger partial charge in [0.1, 0.15) is 17.4 Å². The average molecular weight is 351 g/mol. The molecule has 5 nitrogen and oxygen atoms in total. The fourth-order valence-electron chi connectivity index (χ4n) is 2.41. The lowest BCUT2D eigenvalue weighted by Gasteiger charge is -2.11. The molecule has 0 spiro atoms. The Morgan fingerprint density at radius 3 is 2.65 bits per heavy atom. The number of rotatable bonds is 6. The minimum absolute atomic E-state index is 0.236. The van der Waals surface area contributed by atoms with Gasteiger partial charge in [-0.3, -0.25) is 4.79 Å². The van der Waals surface area contributed by atoms with Gasteiger partial charge in [-0.2, -0.15) is 0 Å². The monoisotopic (exact) mass is 351 g/mol. The number of nitrogens with one attached hydrogen (secondary N) is 2. The van der Waals surface area contributed by atoms with E-state index in [4.69, 9.17) is 4.74 Å². The highest BCUT2D eigenvalue weighted by Crippen LogP contribution is 2.26. The zero-order valence-electron chi connectivity index (χ0n) is 14.2. The number of para-hydroxylation sites is 2. The van der Waals surface area contributed by atoms with Crippen LogP contribution in [0.25, 0.3) is 0 Å². The number of carbonyl (C=O) groups is 1. The molecule has 132 valence electrons. The third kappa shape index (κ3) is 4.36. The first-order chi connectivity index (χ1) is 12.7. The van der Waals surface area contributed by atoms with E-state index in [2.05, 4.69) is 15.6 Å². The van der Waals surface area contributed by atoms with E-state index < -0.39 is 0 Å². The summed E-state index contributed by atoms with van der Waals surface area (Å²) in [4.78, 5) is 16.6. The third-order valence-corrected chi connectivity index (χ3v) is 3.76. The van der Waals surface area contributed by atoms with Crippen LogP contribution in [-0.2, 0) is 6.54 Å². The second kappa shape index (κ2) is 8.11. The SMILES string of the molecule is COc1ccccc1Nc1cc(C(=O)NCc2ccc(F)cc2)ccn1. The van der Waals surface area contributed by atoms with Crippen LogP contribution in [0.15, 0.2) is 66.9 Å². The minimum atomic E-state index is -0.304. The molecule has 0 bridgehead atoms. The molecule has 0 aliphatic carbocycles. The molecular weight excluding hydrogens is 333 g/mol. The van der Waals surface area contributed by atoms with Crippen LogP contribution < -0.4 is 15.4 Å². The number of nitrogens with zero attached hydrogens (tertiary/aromatic N) is 1. The highest BCUT2D eigenvalue weighted by Gasteiger charge is 2.08. The van der Waals surface area contributed by atoms with Gasteiger partial charge in [0, 0.05) is 18.3 Å². The number of hydrogen-bond acceptors (Lipinski definition) is 4. The van der Waals surface area contributed by atoms with Crippen molar-refractivity contribution in [3.63, 3.8) is 0 Å². The van der Waals surface area contributed by atoms with Crippen LogP contribution in [0.3, 0.4) is 0 Å². The molecule has 6 heteroatoms. The molecular formula is C20H18FN3O2. The molecule has 0 atom stereocenters. The van der Waals surface area contributed by atoms with E-state index in [0.717, 1.165) is 11.3 Å². The number of hydrogen-bond donors (Lipinski definition) is 2. The fraction of sp³-hybridized carbons (Fsp3) is 0.100. The average Bonchev–Trinajstić information content (AvgIpc) is 2.68. The molecule has 26 heavy (non-hydrogen) atoms. The topological polar surface area (TPSA) is 63.2 Å². The molecule has 1 amide bonds. The summed E-state index contributed by atoms with van der Waals surface area (Å²) in [6.07, 6.45) is 1.56. The van der Waals surface area contributed by atoms with E-state index in [1.54, 1.807) is 37.6 Å². The molecule has 0 saturated heterocycles. The van der Waals surface area contributed by atoms with Crippen LogP contribution >= 0.6 is 0 Å². The smallest absolute Gasteiger partial charge is 0.251 e. The van der Waals surface area contributed by atoms with Gasteiger partial charge in [0.15, 0.2) is 0 Å². The van der Waals surface area contributed by atoms with E-state index in [1.807, 2.05) is 24.3 Å². The van der Waals surface area contributed by atoms with Crippen LogP contribution in [-0.4, -0.2) is 18.0 Å². The van der Waals surface area contributed by atoms with E-state index in [0.29, 0.717) is 23.7 Å². The first-order valence-electron chi connectivity index (χ1n) is 8.04. The van der Waals surface area contributed by atoms with Gasteiger partial charge in [-0.05, 0) is 42.0 Å². The largest absolute Gasteiger partial charge is 0.495 e. The molecule has 3 aromatic rings. The molecule has 2 N–H and O–H groups in total. The number of anilines is 2. The lowest BCUT2D eigenvalue weighted by atomic mass is 10.2. The molecule has 0 unspecified atom stereocenters. The van der Waals surface area contributed by atoms with Crippen molar-refractivity contribution in [3.8, 4) is 5.75 Å². The van der Waals surface area contributed by atoms with E-state index in [9.17, 15) is 9.18 Å². The Hall–Kier alpha value is -3.41. The number of halogens is 1. The fourth-order valence-corrected chi connectivity index (χ4v) is 2.41. The molecule has 2 aromatic carbocycles. The molecule has 0 radical (unpaired) electrons. The molecule has 0 fully saturated rings. The van der Waals surface area contributed by atoms with Gasteiger partial charge in [0.05, 0.1) is 12.8 Å². The minimum Gasteiger partial charge on any atom is -0.495 e. The van der Waals surface area contributed by atoms with Gasteiger partial charge >= 0.3 is 0 Å². The highest BCUT2D eigenvalue weighted by atomic mass is 19.1. The Morgan fingerprint density at radius 2 is 1.88 bits per heavy atom. The van der Waals surface area contributed by atoms with Crippen molar-refractivity contribution in [1.29, 1.82) is 0 Å². The Morgan fingerprint density at radius 1 is 1.12 bits per heavy atom. The maximum absolute atomic E-state index is 12.9. The maximum Gasteiger partial charge on any atom is 0.251 e. The summed E-state index contributed by atoms with van der Waals surface area (Å²) >= 11 is 0. The number of carbonyl (C=O) groups excluding carboxylic acids is 1. The highest BCUT2D eigenvalue weighted by molar-refractivity contribution is 5.94. The van der Waals surface area contributed by atoms with Crippen LogP contribution in [0.1, 0.15) is 15.9 Å². The van der Waals surface area contributed by atoms with E-state index in [1.165, 1.54) is 12.1 Å². The number of pyridine rings is 1. The van der Waals surface area contributed by atoms with E-state index >= 15 is 0 Å². The molecule has 1 heterocycles. The summed E-state index contributed by atoms with van der Waals surface area (Å²) in [6, 6.07) is 16.7. The van der Waals surface area contributed by atoms with Crippen molar-refractivity contribution < 1.29 is 13.9 Å². The zero-order valence-corrected chi connectivity index (χ0v) is 14.2. The van der Waals surface area contributed by atoms with Gasteiger partial charge in [0.2, 0.25) is 0 Å². The predicted molar refractivity (Wildman–Crippen MR) is 98.1 cm³/mol.